The Hall–Kier alpha value is -8.28. The normalized spacial score (nSPS) is 11.0. The summed E-state index contributed by atoms with van der Waals surface area (Å²) in [5.41, 5.74) is 14.0. The summed E-state index contributed by atoms with van der Waals surface area (Å²) < 4.78 is 6.36. The molecule has 5 nitrogen and oxygen atoms in total. The van der Waals surface area contributed by atoms with Gasteiger partial charge in [-0.3, -0.25) is 0 Å². The lowest BCUT2D eigenvalue weighted by molar-refractivity contribution is 0.483. The molecule has 2 heterocycles. The summed E-state index contributed by atoms with van der Waals surface area (Å²) in [6.07, 6.45) is 0. The van der Waals surface area contributed by atoms with Crippen molar-refractivity contribution in [3.8, 4) is 102 Å². The van der Waals surface area contributed by atoms with Crippen molar-refractivity contribution in [1.82, 2.24) is 19.9 Å². The van der Waals surface area contributed by atoms with E-state index in [1.54, 1.807) is 0 Å². The third-order valence-electron chi connectivity index (χ3n) is 10.6. The molecule has 61 heavy (non-hydrogen) atoms. The van der Waals surface area contributed by atoms with Crippen molar-refractivity contribution in [1.29, 1.82) is 0 Å². The van der Waals surface area contributed by atoms with Crippen LogP contribution in [0.4, 0.5) is 0 Å². The molecular formula is C56H38N4O. The van der Waals surface area contributed by atoms with E-state index < -0.39 is 0 Å². The number of hydrogen-bond donors (Lipinski definition) is 0. The highest BCUT2D eigenvalue weighted by Gasteiger charge is 2.14. The van der Waals surface area contributed by atoms with Gasteiger partial charge in [-0.25, -0.2) is 19.9 Å². The SMILES string of the molecule is c1ccc(-c2ccc(-c3cc(-c4ccc(Oc5ccc(-c6cc(-c7ccc(-c8ccccc8)cc7)nc(-c7ccccc7)n6)cc5)cc4)nc(-c4ccccc4)n3)cc2)cc1. The lowest BCUT2D eigenvalue weighted by atomic mass is 10.0. The van der Waals surface area contributed by atoms with E-state index in [9.17, 15) is 0 Å². The molecule has 0 radical (unpaired) electrons. The van der Waals surface area contributed by atoms with Gasteiger partial charge in [-0.15, -0.1) is 0 Å². The van der Waals surface area contributed by atoms with Crippen molar-refractivity contribution >= 4 is 0 Å². The molecule has 0 bridgehead atoms. The van der Waals surface area contributed by atoms with E-state index in [0.29, 0.717) is 11.6 Å². The minimum atomic E-state index is 0.674. The molecule has 2 aromatic heterocycles. The molecule has 0 N–H and O–H groups in total. The summed E-state index contributed by atoms with van der Waals surface area (Å²) in [6.45, 7) is 0. The Balaban J connectivity index is 0.905. The fourth-order valence-corrected chi connectivity index (χ4v) is 7.37. The van der Waals surface area contributed by atoms with Crippen LogP contribution in [0.3, 0.4) is 0 Å². The Morgan fingerprint density at radius 2 is 0.443 bits per heavy atom. The molecule has 0 aliphatic carbocycles. The van der Waals surface area contributed by atoms with E-state index in [-0.39, 0.29) is 0 Å². The maximum atomic E-state index is 6.36. The molecular weight excluding hydrogens is 745 g/mol. The first-order valence-electron chi connectivity index (χ1n) is 20.3. The average Bonchev–Trinajstić information content (AvgIpc) is 3.35. The van der Waals surface area contributed by atoms with Crippen LogP contribution in [0.1, 0.15) is 0 Å². The maximum Gasteiger partial charge on any atom is 0.160 e. The van der Waals surface area contributed by atoms with Crippen LogP contribution < -0.4 is 4.74 Å². The van der Waals surface area contributed by atoms with Crippen LogP contribution in [0.2, 0.25) is 0 Å². The van der Waals surface area contributed by atoms with Crippen molar-refractivity contribution in [3.05, 3.63) is 231 Å². The Labute approximate surface area is 355 Å². The number of aromatic nitrogens is 4. The van der Waals surface area contributed by atoms with Crippen molar-refractivity contribution in [2.45, 2.75) is 0 Å². The van der Waals surface area contributed by atoms with Gasteiger partial charge >= 0.3 is 0 Å². The molecule has 0 amide bonds. The molecule has 10 aromatic rings. The van der Waals surface area contributed by atoms with Crippen LogP contribution in [0.5, 0.6) is 11.5 Å². The first kappa shape index (κ1) is 37.0. The van der Waals surface area contributed by atoms with Crippen molar-refractivity contribution in [3.63, 3.8) is 0 Å². The monoisotopic (exact) mass is 782 g/mol. The van der Waals surface area contributed by atoms with Crippen molar-refractivity contribution in [2.75, 3.05) is 0 Å². The van der Waals surface area contributed by atoms with Crippen LogP contribution in [0, 0.1) is 0 Å². The zero-order chi connectivity index (χ0) is 40.8. The van der Waals surface area contributed by atoms with E-state index in [0.717, 1.165) is 78.8 Å². The predicted octanol–water partition coefficient (Wildman–Crippen LogP) is 14.4. The summed E-state index contributed by atoms with van der Waals surface area (Å²) in [4.78, 5) is 20.1. The predicted molar refractivity (Wildman–Crippen MR) is 248 cm³/mol. The lowest BCUT2D eigenvalue weighted by Crippen LogP contribution is -1.96. The van der Waals surface area contributed by atoms with Gasteiger partial charge in [0.1, 0.15) is 11.5 Å². The van der Waals surface area contributed by atoms with Gasteiger partial charge in [0.25, 0.3) is 0 Å². The molecule has 0 fully saturated rings. The third-order valence-corrected chi connectivity index (χ3v) is 10.6. The van der Waals surface area contributed by atoms with Gasteiger partial charge < -0.3 is 4.74 Å². The van der Waals surface area contributed by atoms with E-state index in [2.05, 4.69) is 109 Å². The number of ether oxygens (including phenoxy) is 1. The van der Waals surface area contributed by atoms with Gasteiger partial charge in [0.05, 0.1) is 22.8 Å². The minimum absolute atomic E-state index is 0.674. The number of rotatable bonds is 10. The van der Waals surface area contributed by atoms with Crippen molar-refractivity contribution in [2.24, 2.45) is 0 Å². The molecule has 0 saturated carbocycles. The van der Waals surface area contributed by atoms with E-state index in [1.807, 2.05) is 121 Å². The number of nitrogens with zero attached hydrogens (tertiary/aromatic N) is 4. The molecule has 8 aromatic carbocycles. The fraction of sp³-hybridized carbons (Fsp3) is 0. The van der Waals surface area contributed by atoms with Gasteiger partial charge in [0.2, 0.25) is 0 Å². The highest BCUT2D eigenvalue weighted by molar-refractivity contribution is 5.76. The number of benzene rings is 8. The Kier molecular flexibility index (Phi) is 10.3. The third kappa shape index (κ3) is 8.35. The standard InChI is InChI=1S/C56H38N4O/c1-5-13-39(14-6-1)41-21-25-43(26-22-41)51-37-53(59-55(57-51)47-17-9-3-10-18-47)45-29-33-49(34-30-45)61-50-35-31-46(32-36-50)54-38-52(58-56(60-54)48-19-11-4-12-20-48)44-27-23-42(24-28-44)40-15-7-2-8-16-40/h1-38H. The fourth-order valence-electron chi connectivity index (χ4n) is 7.37. The van der Waals surface area contributed by atoms with Crippen LogP contribution in [0.25, 0.3) is 90.1 Å². The second kappa shape index (κ2) is 16.9. The van der Waals surface area contributed by atoms with Gasteiger partial charge in [0, 0.05) is 33.4 Å². The summed E-state index contributed by atoms with van der Waals surface area (Å²) in [5.74, 6) is 2.79. The van der Waals surface area contributed by atoms with Gasteiger partial charge in [-0.2, -0.15) is 0 Å². The second-order valence-electron chi connectivity index (χ2n) is 14.7. The summed E-state index contributed by atoms with van der Waals surface area (Å²) in [5, 5.41) is 0. The van der Waals surface area contributed by atoms with E-state index in [4.69, 9.17) is 24.7 Å². The smallest absolute Gasteiger partial charge is 0.160 e. The van der Waals surface area contributed by atoms with Crippen LogP contribution >= 0.6 is 0 Å². The average molecular weight is 783 g/mol. The zero-order valence-corrected chi connectivity index (χ0v) is 33.1. The van der Waals surface area contributed by atoms with Crippen LogP contribution in [0.15, 0.2) is 231 Å². The minimum Gasteiger partial charge on any atom is -0.457 e. The first-order chi connectivity index (χ1) is 30.2. The van der Waals surface area contributed by atoms with Gasteiger partial charge in [-0.05, 0) is 82.9 Å². The molecule has 0 spiro atoms. The van der Waals surface area contributed by atoms with Gasteiger partial charge in [0.15, 0.2) is 11.6 Å². The zero-order valence-electron chi connectivity index (χ0n) is 33.1. The van der Waals surface area contributed by atoms with E-state index in [1.165, 1.54) is 11.1 Å². The summed E-state index contributed by atoms with van der Waals surface area (Å²) in [7, 11) is 0. The number of hydrogen-bond acceptors (Lipinski definition) is 5. The molecule has 0 atom stereocenters. The molecule has 0 unspecified atom stereocenters. The maximum absolute atomic E-state index is 6.36. The first-order valence-corrected chi connectivity index (χ1v) is 20.3. The van der Waals surface area contributed by atoms with Gasteiger partial charge in [-0.1, -0.05) is 170 Å². The Morgan fingerprint density at radius 1 is 0.213 bits per heavy atom. The second-order valence-corrected chi connectivity index (χ2v) is 14.7. The highest BCUT2D eigenvalue weighted by atomic mass is 16.5. The summed E-state index contributed by atoms with van der Waals surface area (Å²) >= 11 is 0. The molecule has 0 saturated heterocycles. The quantitative estimate of drug-likeness (QED) is 0.138. The Morgan fingerprint density at radius 3 is 0.738 bits per heavy atom. The summed E-state index contributed by atoms with van der Waals surface area (Å²) in [6, 6.07) is 78.3. The van der Waals surface area contributed by atoms with E-state index >= 15 is 0 Å². The lowest BCUT2D eigenvalue weighted by Gasteiger charge is -2.12. The van der Waals surface area contributed by atoms with Crippen molar-refractivity contribution < 1.29 is 4.74 Å². The molecule has 288 valence electrons. The molecule has 0 aliphatic heterocycles. The topological polar surface area (TPSA) is 60.8 Å². The highest BCUT2D eigenvalue weighted by Crippen LogP contribution is 2.33. The molecule has 10 rings (SSSR count). The molecule has 0 aliphatic rings. The molecule has 5 heteroatoms. The largest absolute Gasteiger partial charge is 0.457 e. The van der Waals surface area contributed by atoms with Crippen LogP contribution in [-0.4, -0.2) is 19.9 Å². The Bertz CT molecular complexity index is 2820. The van der Waals surface area contributed by atoms with Crippen LogP contribution in [-0.2, 0) is 0 Å².